The number of hydrogen-bond donors (Lipinski definition) is 0. The zero-order valence-electron chi connectivity index (χ0n) is 17.7. The van der Waals surface area contributed by atoms with Crippen LogP contribution in [0.1, 0.15) is 33.2 Å². The molecule has 0 fully saturated rings. The minimum atomic E-state index is -0.113. The summed E-state index contributed by atoms with van der Waals surface area (Å²) in [4.78, 5) is 32.5. The van der Waals surface area contributed by atoms with E-state index in [4.69, 9.17) is 4.74 Å². The van der Waals surface area contributed by atoms with Crippen LogP contribution in [0.3, 0.4) is 0 Å². The summed E-state index contributed by atoms with van der Waals surface area (Å²) in [5.41, 5.74) is 2.06. The molecule has 0 atom stereocenters. The zero-order valence-corrected chi connectivity index (χ0v) is 19.3. The highest BCUT2D eigenvalue weighted by Crippen LogP contribution is 2.23. The molecule has 6 nitrogen and oxygen atoms in total. The lowest BCUT2D eigenvalue weighted by atomic mass is 10.1. The normalized spacial score (nSPS) is 10.5. The number of benzene rings is 2. The van der Waals surface area contributed by atoms with Gasteiger partial charge in [0.15, 0.2) is 0 Å². The first kappa shape index (κ1) is 22.5. The SMILES string of the molecule is CCN(Cc1ccc(C(=O)N(C)C)cc1)C(=O)c1ccc(Oc2cccc(Br)c2)nc1. The van der Waals surface area contributed by atoms with E-state index in [-0.39, 0.29) is 11.8 Å². The molecule has 0 aliphatic carbocycles. The van der Waals surface area contributed by atoms with E-state index in [1.54, 1.807) is 43.3 Å². The Bertz CT molecular complexity index is 1050. The van der Waals surface area contributed by atoms with Gasteiger partial charge < -0.3 is 14.5 Å². The maximum absolute atomic E-state index is 12.9. The van der Waals surface area contributed by atoms with Crippen molar-refractivity contribution in [3.63, 3.8) is 0 Å². The number of rotatable bonds is 7. The Morgan fingerprint density at radius 3 is 2.26 bits per heavy atom. The summed E-state index contributed by atoms with van der Waals surface area (Å²) < 4.78 is 6.64. The summed E-state index contributed by atoms with van der Waals surface area (Å²) >= 11 is 3.40. The summed E-state index contributed by atoms with van der Waals surface area (Å²) in [5, 5.41) is 0. The number of carbonyl (C=O) groups excluding carboxylic acids is 2. The Hall–Kier alpha value is -3.19. The Balaban J connectivity index is 1.66. The monoisotopic (exact) mass is 481 g/mol. The van der Waals surface area contributed by atoms with E-state index in [9.17, 15) is 9.59 Å². The van der Waals surface area contributed by atoms with Crippen molar-refractivity contribution in [1.29, 1.82) is 0 Å². The fraction of sp³-hybridized carbons (Fsp3) is 0.208. The molecule has 0 saturated carbocycles. The van der Waals surface area contributed by atoms with Crippen LogP contribution in [0.25, 0.3) is 0 Å². The predicted octanol–water partition coefficient (Wildman–Crippen LogP) is 5.00. The molecule has 1 heterocycles. The van der Waals surface area contributed by atoms with Crippen molar-refractivity contribution in [2.75, 3.05) is 20.6 Å². The van der Waals surface area contributed by atoms with Gasteiger partial charge >= 0.3 is 0 Å². The largest absolute Gasteiger partial charge is 0.439 e. The smallest absolute Gasteiger partial charge is 0.255 e. The molecule has 0 N–H and O–H groups in total. The van der Waals surface area contributed by atoms with E-state index >= 15 is 0 Å². The van der Waals surface area contributed by atoms with Gasteiger partial charge in [-0.1, -0.05) is 34.1 Å². The standard InChI is InChI=1S/C24H24BrN3O3/c1-4-28(16-17-8-10-18(11-9-17)23(29)27(2)3)24(30)19-12-13-22(26-15-19)31-21-7-5-6-20(25)14-21/h5-15H,4,16H2,1-3H3. The van der Waals surface area contributed by atoms with Gasteiger partial charge in [0.1, 0.15) is 5.75 Å². The second-order valence-electron chi connectivity index (χ2n) is 7.16. The van der Waals surface area contributed by atoms with Crippen LogP contribution in [0, 0.1) is 0 Å². The number of halogens is 1. The highest BCUT2D eigenvalue weighted by molar-refractivity contribution is 9.10. The average Bonchev–Trinajstić information content (AvgIpc) is 2.77. The quantitative estimate of drug-likeness (QED) is 0.476. The molecule has 2 amide bonds. The van der Waals surface area contributed by atoms with E-state index in [0.29, 0.717) is 35.8 Å². The summed E-state index contributed by atoms with van der Waals surface area (Å²) in [6.07, 6.45) is 1.52. The number of carbonyl (C=O) groups is 2. The first-order valence-corrected chi connectivity index (χ1v) is 10.7. The average molecular weight is 482 g/mol. The fourth-order valence-corrected chi connectivity index (χ4v) is 3.34. The van der Waals surface area contributed by atoms with Crippen molar-refractivity contribution in [3.05, 3.63) is 88.0 Å². The van der Waals surface area contributed by atoms with Crippen molar-refractivity contribution >= 4 is 27.7 Å². The van der Waals surface area contributed by atoms with Gasteiger partial charge in [-0.15, -0.1) is 0 Å². The van der Waals surface area contributed by atoms with Gasteiger partial charge in [0.05, 0.1) is 5.56 Å². The van der Waals surface area contributed by atoms with Gasteiger partial charge in [-0.25, -0.2) is 4.98 Å². The first-order valence-electron chi connectivity index (χ1n) is 9.86. The first-order chi connectivity index (χ1) is 14.9. The van der Waals surface area contributed by atoms with E-state index < -0.39 is 0 Å². The predicted molar refractivity (Wildman–Crippen MR) is 123 cm³/mol. The van der Waals surface area contributed by atoms with Gasteiger partial charge in [0.2, 0.25) is 5.88 Å². The second-order valence-corrected chi connectivity index (χ2v) is 8.08. The molecule has 2 aromatic carbocycles. The molecular formula is C24H24BrN3O3. The topological polar surface area (TPSA) is 62.7 Å². The highest BCUT2D eigenvalue weighted by atomic mass is 79.9. The van der Waals surface area contributed by atoms with Crippen LogP contribution in [-0.2, 0) is 6.54 Å². The second kappa shape index (κ2) is 10.2. The van der Waals surface area contributed by atoms with Crippen LogP contribution in [0.15, 0.2) is 71.3 Å². The summed E-state index contributed by atoms with van der Waals surface area (Å²) in [6, 6.07) is 18.2. The van der Waals surface area contributed by atoms with Gasteiger partial charge in [0, 0.05) is 49.5 Å². The lowest BCUT2D eigenvalue weighted by Gasteiger charge is -2.21. The molecule has 7 heteroatoms. The van der Waals surface area contributed by atoms with Crippen LogP contribution in [0.4, 0.5) is 0 Å². The third-order valence-corrected chi connectivity index (χ3v) is 5.14. The summed E-state index contributed by atoms with van der Waals surface area (Å²) in [5.74, 6) is 0.912. The maximum atomic E-state index is 12.9. The maximum Gasteiger partial charge on any atom is 0.255 e. The Labute approximate surface area is 190 Å². The van der Waals surface area contributed by atoms with Crippen molar-refractivity contribution in [1.82, 2.24) is 14.8 Å². The molecule has 3 rings (SSSR count). The van der Waals surface area contributed by atoms with Crippen LogP contribution >= 0.6 is 15.9 Å². The van der Waals surface area contributed by atoms with E-state index in [2.05, 4.69) is 20.9 Å². The minimum absolute atomic E-state index is 0.0498. The molecule has 0 unspecified atom stereocenters. The van der Waals surface area contributed by atoms with Crippen LogP contribution in [0.2, 0.25) is 0 Å². The van der Waals surface area contributed by atoms with Gasteiger partial charge in [0.25, 0.3) is 11.8 Å². The van der Waals surface area contributed by atoms with Gasteiger partial charge in [-0.3, -0.25) is 9.59 Å². The zero-order chi connectivity index (χ0) is 22.4. The Morgan fingerprint density at radius 2 is 1.68 bits per heavy atom. The van der Waals surface area contributed by atoms with Crippen LogP contribution in [0.5, 0.6) is 11.6 Å². The van der Waals surface area contributed by atoms with Crippen molar-refractivity contribution in [2.45, 2.75) is 13.5 Å². The van der Waals surface area contributed by atoms with E-state index in [1.165, 1.54) is 11.1 Å². The number of ether oxygens (including phenoxy) is 1. The minimum Gasteiger partial charge on any atom is -0.439 e. The summed E-state index contributed by atoms with van der Waals surface area (Å²) in [6.45, 7) is 2.93. The number of pyridine rings is 1. The Kier molecular flexibility index (Phi) is 7.41. The molecule has 0 spiro atoms. The molecule has 0 radical (unpaired) electrons. The van der Waals surface area contributed by atoms with Crippen molar-refractivity contribution in [2.24, 2.45) is 0 Å². The molecule has 3 aromatic rings. The van der Waals surface area contributed by atoms with Gasteiger partial charge in [-0.2, -0.15) is 0 Å². The lowest BCUT2D eigenvalue weighted by Crippen LogP contribution is -2.30. The van der Waals surface area contributed by atoms with E-state index in [1.807, 2.05) is 43.3 Å². The third kappa shape index (κ3) is 5.92. The lowest BCUT2D eigenvalue weighted by molar-refractivity contribution is 0.0751. The Morgan fingerprint density at radius 1 is 0.968 bits per heavy atom. The van der Waals surface area contributed by atoms with Crippen molar-refractivity contribution in [3.8, 4) is 11.6 Å². The van der Waals surface area contributed by atoms with Crippen LogP contribution in [-0.4, -0.2) is 47.2 Å². The third-order valence-electron chi connectivity index (χ3n) is 4.65. The number of nitrogens with zero attached hydrogens (tertiary/aromatic N) is 3. The van der Waals surface area contributed by atoms with Crippen molar-refractivity contribution < 1.29 is 14.3 Å². The molecule has 1 aromatic heterocycles. The highest BCUT2D eigenvalue weighted by Gasteiger charge is 2.16. The fourth-order valence-electron chi connectivity index (χ4n) is 2.96. The molecule has 0 saturated heterocycles. The number of aromatic nitrogens is 1. The molecule has 0 bridgehead atoms. The van der Waals surface area contributed by atoms with Crippen LogP contribution < -0.4 is 4.74 Å². The molecule has 160 valence electrons. The van der Waals surface area contributed by atoms with Gasteiger partial charge in [-0.05, 0) is 48.9 Å². The molecule has 0 aliphatic rings. The summed E-state index contributed by atoms with van der Waals surface area (Å²) in [7, 11) is 3.44. The van der Waals surface area contributed by atoms with E-state index in [0.717, 1.165) is 10.0 Å². The molecule has 0 aliphatic heterocycles. The number of amides is 2. The molecule has 31 heavy (non-hydrogen) atoms. The number of hydrogen-bond acceptors (Lipinski definition) is 4. The molecular weight excluding hydrogens is 458 g/mol.